The van der Waals surface area contributed by atoms with E-state index in [2.05, 4.69) is 6.58 Å². The molecule has 4 nitrogen and oxygen atoms in total. The van der Waals surface area contributed by atoms with Gasteiger partial charge in [0.15, 0.2) is 5.78 Å². The molecular formula is C15H20O4. The molecule has 0 saturated carbocycles. The van der Waals surface area contributed by atoms with E-state index in [0.717, 1.165) is 18.9 Å². The number of phenols is 3. The number of Topliss-reactive ketones (excluding diaryl/α,β-unsaturated/α-hetero) is 1. The number of rotatable bonds is 6. The normalized spacial score (nSPS) is 10.4. The Morgan fingerprint density at radius 2 is 1.74 bits per heavy atom. The van der Waals surface area contributed by atoms with Gasteiger partial charge in [-0.05, 0) is 18.9 Å². The van der Waals surface area contributed by atoms with Crippen LogP contribution in [0.25, 0.3) is 5.57 Å². The molecule has 1 aromatic carbocycles. The number of hydrogen-bond donors (Lipinski definition) is 3. The first-order valence-corrected chi connectivity index (χ1v) is 6.37. The van der Waals surface area contributed by atoms with E-state index in [1.54, 1.807) is 6.92 Å². The van der Waals surface area contributed by atoms with E-state index in [1.165, 1.54) is 0 Å². The standard InChI is InChI=1S/C15H20O4/c1-4-5-6-7-10(16)14-12(18)8-11(17)13(9(2)3)15(14)19/h8,17-19H,2,4-7H2,1,3H3. The molecular weight excluding hydrogens is 244 g/mol. The molecule has 0 spiro atoms. The number of unbranched alkanes of at least 4 members (excludes halogenated alkanes) is 2. The van der Waals surface area contributed by atoms with Crippen molar-refractivity contribution in [3.63, 3.8) is 0 Å². The van der Waals surface area contributed by atoms with E-state index >= 15 is 0 Å². The average Bonchev–Trinajstić information content (AvgIpc) is 2.27. The van der Waals surface area contributed by atoms with Crippen LogP contribution in [0.2, 0.25) is 0 Å². The van der Waals surface area contributed by atoms with Gasteiger partial charge in [-0.25, -0.2) is 0 Å². The molecule has 0 radical (unpaired) electrons. The zero-order chi connectivity index (χ0) is 14.6. The van der Waals surface area contributed by atoms with Gasteiger partial charge in [0.1, 0.15) is 22.8 Å². The van der Waals surface area contributed by atoms with Crippen LogP contribution in [-0.4, -0.2) is 21.1 Å². The van der Waals surface area contributed by atoms with Crippen LogP contribution < -0.4 is 0 Å². The lowest BCUT2D eigenvalue weighted by atomic mass is 9.96. The SMILES string of the molecule is C=C(C)c1c(O)cc(O)c(C(=O)CCCCC)c1O. The molecule has 19 heavy (non-hydrogen) atoms. The van der Waals surface area contributed by atoms with Crippen molar-refractivity contribution in [3.8, 4) is 17.2 Å². The Bertz CT molecular complexity index is 503. The fraction of sp³-hybridized carbons (Fsp3) is 0.400. The molecule has 0 saturated heterocycles. The van der Waals surface area contributed by atoms with Crippen molar-refractivity contribution >= 4 is 11.4 Å². The molecule has 1 aromatic rings. The summed E-state index contributed by atoms with van der Waals surface area (Å²) < 4.78 is 0. The lowest BCUT2D eigenvalue weighted by Crippen LogP contribution is -2.02. The molecule has 0 fully saturated rings. The first-order chi connectivity index (χ1) is 8.90. The van der Waals surface area contributed by atoms with E-state index in [4.69, 9.17) is 0 Å². The lowest BCUT2D eigenvalue weighted by molar-refractivity contribution is 0.0974. The maximum atomic E-state index is 12.0. The van der Waals surface area contributed by atoms with Gasteiger partial charge in [0, 0.05) is 12.5 Å². The third-order valence-corrected chi connectivity index (χ3v) is 2.97. The Morgan fingerprint density at radius 3 is 2.26 bits per heavy atom. The van der Waals surface area contributed by atoms with Crippen LogP contribution >= 0.6 is 0 Å². The molecule has 0 amide bonds. The number of aromatic hydroxyl groups is 3. The number of benzene rings is 1. The van der Waals surface area contributed by atoms with Crippen LogP contribution in [0.3, 0.4) is 0 Å². The molecule has 1 rings (SSSR count). The van der Waals surface area contributed by atoms with Crippen LogP contribution in [0, 0.1) is 0 Å². The molecule has 3 N–H and O–H groups in total. The predicted octanol–water partition coefficient (Wildman–Crippen LogP) is 3.60. The smallest absolute Gasteiger partial charge is 0.170 e. The molecule has 4 heteroatoms. The summed E-state index contributed by atoms with van der Waals surface area (Å²) in [5.74, 6) is -1.41. The zero-order valence-electron chi connectivity index (χ0n) is 11.4. The van der Waals surface area contributed by atoms with Crippen molar-refractivity contribution < 1.29 is 20.1 Å². The minimum Gasteiger partial charge on any atom is -0.507 e. The molecule has 0 atom stereocenters. The van der Waals surface area contributed by atoms with E-state index in [-0.39, 0.29) is 29.1 Å². The van der Waals surface area contributed by atoms with Crippen LogP contribution in [0.15, 0.2) is 12.6 Å². The fourth-order valence-electron chi connectivity index (χ4n) is 2.00. The predicted molar refractivity (Wildman–Crippen MR) is 74.6 cm³/mol. The van der Waals surface area contributed by atoms with Gasteiger partial charge in [-0.3, -0.25) is 4.79 Å². The molecule has 0 aliphatic heterocycles. The van der Waals surface area contributed by atoms with Crippen LogP contribution in [0.5, 0.6) is 17.2 Å². The molecule has 0 aromatic heterocycles. The number of allylic oxidation sites excluding steroid dienone is 1. The Balaban J connectivity index is 3.17. The van der Waals surface area contributed by atoms with Gasteiger partial charge in [-0.1, -0.05) is 26.3 Å². The largest absolute Gasteiger partial charge is 0.507 e. The van der Waals surface area contributed by atoms with Gasteiger partial charge in [0.2, 0.25) is 0 Å². The molecule has 0 bridgehead atoms. The van der Waals surface area contributed by atoms with E-state index in [0.29, 0.717) is 12.0 Å². The highest BCUT2D eigenvalue weighted by Crippen LogP contribution is 2.41. The van der Waals surface area contributed by atoms with E-state index < -0.39 is 11.5 Å². The first kappa shape index (κ1) is 15.1. The number of ketones is 1. The summed E-state index contributed by atoms with van der Waals surface area (Å²) in [5, 5.41) is 29.5. The Morgan fingerprint density at radius 1 is 1.16 bits per heavy atom. The Kier molecular flexibility index (Phi) is 4.98. The maximum Gasteiger partial charge on any atom is 0.170 e. The highest BCUT2D eigenvalue weighted by molar-refractivity contribution is 6.03. The highest BCUT2D eigenvalue weighted by Gasteiger charge is 2.22. The summed E-state index contributed by atoms with van der Waals surface area (Å²) in [6, 6.07) is 1.07. The molecule has 0 aliphatic carbocycles. The van der Waals surface area contributed by atoms with Gasteiger partial charge in [0.05, 0.1) is 5.56 Å². The van der Waals surface area contributed by atoms with Crippen molar-refractivity contribution in [1.82, 2.24) is 0 Å². The Hall–Kier alpha value is -1.97. The fourth-order valence-corrected chi connectivity index (χ4v) is 2.00. The van der Waals surface area contributed by atoms with Crippen molar-refractivity contribution in [2.45, 2.75) is 39.5 Å². The van der Waals surface area contributed by atoms with Crippen LogP contribution in [0.1, 0.15) is 55.5 Å². The summed E-state index contributed by atoms with van der Waals surface area (Å²) in [5.41, 5.74) is 0.404. The first-order valence-electron chi connectivity index (χ1n) is 6.37. The van der Waals surface area contributed by atoms with Gasteiger partial charge >= 0.3 is 0 Å². The van der Waals surface area contributed by atoms with Gasteiger partial charge in [0.25, 0.3) is 0 Å². The quantitative estimate of drug-likeness (QED) is 0.542. The number of carbonyl (C=O) groups is 1. The van der Waals surface area contributed by atoms with Crippen molar-refractivity contribution in [2.24, 2.45) is 0 Å². The van der Waals surface area contributed by atoms with Crippen LogP contribution in [-0.2, 0) is 0 Å². The monoisotopic (exact) mass is 264 g/mol. The second-order valence-electron chi connectivity index (χ2n) is 4.67. The molecule has 0 aliphatic rings. The Labute approximate surface area is 113 Å². The molecule has 0 unspecified atom stereocenters. The van der Waals surface area contributed by atoms with Crippen LogP contribution in [0.4, 0.5) is 0 Å². The van der Waals surface area contributed by atoms with Gasteiger partial charge in [-0.15, -0.1) is 0 Å². The van der Waals surface area contributed by atoms with E-state index in [9.17, 15) is 20.1 Å². The highest BCUT2D eigenvalue weighted by atomic mass is 16.3. The summed E-state index contributed by atoms with van der Waals surface area (Å²) in [4.78, 5) is 12.0. The summed E-state index contributed by atoms with van der Waals surface area (Å²) in [6.45, 7) is 7.27. The van der Waals surface area contributed by atoms with Crippen molar-refractivity contribution in [1.29, 1.82) is 0 Å². The van der Waals surface area contributed by atoms with Crippen molar-refractivity contribution in [3.05, 3.63) is 23.8 Å². The topological polar surface area (TPSA) is 77.8 Å². The minimum absolute atomic E-state index is 0.108. The van der Waals surface area contributed by atoms with Gasteiger partial charge in [-0.2, -0.15) is 0 Å². The minimum atomic E-state index is -0.401. The lowest BCUT2D eigenvalue weighted by Gasteiger charge is -2.13. The maximum absolute atomic E-state index is 12.0. The average molecular weight is 264 g/mol. The third kappa shape index (κ3) is 3.28. The number of carbonyl (C=O) groups excluding carboxylic acids is 1. The van der Waals surface area contributed by atoms with Gasteiger partial charge < -0.3 is 15.3 Å². The molecule has 0 heterocycles. The van der Waals surface area contributed by atoms with E-state index in [1.807, 2.05) is 6.92 Å². The summed E-state index contributed by atoms with van der Waals surface area (Å²) >= 11 is 0. The molecule has 104 valence electrons. The van der Waals surface area contributed by atoms with Crippen molar-refractivity contribution in [2.75, 3.05) is 0 Å². The zero-order valence-corrected chi connectivity index (χ0v) is 11.4. The summed E-state index contributed by atoms with van der Waals surface area (Å²) in [7, 11) is 0. The second kappa shape index (κ2) is 6.27. The third-order valence-electron chi connectivity index (χ3n) is 2.97. The number of phenolic OH excluding ortho intramolecular Hbond substituents is 3. The summed E-state index contributed by atoms with van der Waals surface area (Å²) in [6.07, 6.45) is 2.86. The second-order valence-corrected chi connectivity index (χ2v) is 4.67. The number of hydrogen-bond acceptors (Lipinski definition) is 4.